The molecule has 0 bridgehead atoms. The van der Waals surface area contributed by atoms with Gasteiger partial charge in [-0.2, -0.15) is 0 Å². The number of carbonyl (C=O) groups is 1. The first kappa shape index (κ1) is 20.7. The van der Waals surface area contributed by atoms with Gasteiger partial charge in [-0.25, -0.2) is 14.3 Å². The van der Waals surface area contributed by atoms with Gasteiger partial charge >= 0.3 is 0 Å². The molecule has 1 atom stereocenters. The maximum Gasteiger partial charge on any atom is 0.259 e. The van der Waals surface area contributed by atoms with Crippen molar-refractivity contribution in [2.75, 3.05) is 0 Å². The molecule has 6 nitrogen and oxygen atoms in total. The van der Waals surface area contributed by atoms with Crippen molar-refractivity contribution < 1.29 is 14.1 Å². The molecule has 156 valence electrons. The van der Waals surface area contributed by atoms with Crippen LogP contribution in [0.3, 0.4) is 0 Å². The number of benzene rings is 1. The Morgan fingerprint density at radius 2 is 1.83 bits per heavy atom. The van der Waals surface area contributed by atoms with Gasteiger partial charge < -0.3 is 5.11 Å². The average molecular weight is 434 g/mol. The molecule has 1 amide bonds. The lowest BCUT2D eigenvalue weighted by Crippen LogP contribution is -2.16. The van der Waals surface area contributed by atoms with Crippen LogP contribution in [0.15, 0.2) is 14.6 Å². The van der Waals surface area contributed by atoms with Gasteiger partial charge in [0.05, 0.1) is 12.1 Å². The van der Waals surface area contributed by atoms with Crippen molar-refractivity contribution in [3.63, 3.8) is 0 Å². The molecule has 1 unspecified atom stereocenters. The Morgan fingerprint density at radius 3 is 2.34 bits per heavy atom. The lowest BCUT2D eigenvalue weighted by Gasteiger charge is -2.14. The maximum atomic E-state index is 13.1. The summed E-state index contributed by atoms with van der Waals surface area (Å²) < 4.78 is 17.3. The fourth-order valence-electron chi connectivity index (χ4n) is 4.44. The number of nitrogens with two attached hydrogens (primary N) is 1. The summed E-state index contributed by atoms with van der Waals surface area (Å²) in [6.07, 6.45) is 6.49. The number of rotatable bonds is 4. The van der Waals surface area contributed by atoms with Crippen LogP contribution in [0.2, 0.25) is 0 Å². The Labute approximate surface area is 175 Å². The molecule has 0 saturated heterocycles. The summed E-state index contributed by atoms with van der Waals surface area (Å²) in [7, 11) is -3.41. The molecule has 1 aromatic carbocycles. The predicted molar refractivity (Wildman–Crippen MR) is 114 cm³/mol. The Balaban J connectivity index is 1.68. The highest BCUT2D eigenvalue weighted by Gasteiger charge is 2.28. The summed E-state index contributed by atoms with van der Waals surface area (Å²) in [5.41, 5.74) is 5.66. The van der Waals surface area contributed by atoms with Crippen molar-refractivity contribution in [1.82, 2.24) is 4.98 Å². The van der Waals surface area contributed by atoms with Crippen molar-refractivity contribution in [2.45, 2.75) is 75.5 Å². The van der Waals surface area contributed by atoms with Crippen LogP contribution in [0.1, 0.15) is 65.2 Å². The minimum Gasteiger partial charge on any atom is -0.383 e. The van der Waals surface area contributed by atoms with Crippen molar-refractivity contribution in [3.05, 3.63) is 44.6 Å². The molecular weight excluding hydrogens is 406 g/mol. The molecule has 2 aliphatic carbocycles. The van der Waals surface area contributed by atoms with E-state index in [0.29, 0.717) is 10.7 Å². The zero-order chi connectivity index (χ0) is 21.0. The standard InChI is InChI=1S/C21H27N3O3S2/c1-12-19(28-20(23-12)21(2,3)26)29(22,27)24-18(25)11-17-15-8-4-6-13(15)10-14-7-5-9-16(14)17/h10,26H,4-9,11H2,1-3H3,(H2,22,24,25,27). The maximum absolute atomic E-state index is 13.1. The number of aromatic nitrogens is 1. The molecule has 2 aliphatic rings. The van der Waals surface area contributed by atoms with E-state index in [9.17, 15) is 14.1 Å². The Hall–Kier alpha value is -1.61. The Kier molecular flexibility index (Phi) is 5.17. The third kappa shape index (κ3) is 3.91. The van der Waals surface area contributed by atoms with Gasteiger partial charge in [0, 0.05) is 0 Å². The number of fused-ring (bicyclic) bond motifs is 2. The smallest absolute Gasteiger partial charge is 0.259 e. The van der Waals surface area contributed by atoms with Crippen LogP contribution in [-0.2, 0) is 52.4 Å². The highest BCUT2D eigenvalue weighted by molar-refractivity contribution is 7.93. The number of amides is 1. The van der Waals surface area contributed by atoms with Crippen molar-refractivity contribution >= 4 is 27.2 Å². The van der Waals surface area contributed by atoms with E-state index in [1.165, 1.54) is 22.3 Å². The van der Waals surface area contributed by atoms with Gasteiger partial charge in [0.1, 0.15) is 14.8 Å². The van der Waals surface area contributed by atoms with Crippen LogP contribution in [0.25, 0.3) is 0 Å². The monoisotopic (exact) mass is 433 g/mol. The van der Waals surface area contributed by atoms with E-state index in [-0.39, 0.29) is 10.6 Å². The fourth-order valence-corrected chi connectivity index (χ4v) is 6.99. The molecule has 8 heteroatoms. The Morgan fingerprint density at radius 1 is 1.24 bits per heavy atom. The average Bonchev–Trinajstić information content (AvgIpc) is 3.31. The fraction of sp³-hybridized carbons (Fsp3) is 0.524. The molecule has 29 heavy (non-hydrogen) atoms. The van der Waals surface area contributed by atoms with Gasteiger partial charge in [0.15, 0.2) is 9.92 Å². The van der Waals surface area contributed by atoms with E-state index < -0.39 is 21.4 Å². The summed E-state index contributed by atoms with van der Waals surface area (Å²) in [6.45, 7) is 4.88. The van der Waals surface area contributed by atoms with E-state index in [4.69, 9.17) is 5.14 Å². The molecule has 1 heterocycles. The quantitative estimate of drug-likeness (QED) is 0.773. The van der Waals surface area contributed by atoms with Gasteiger partial charge in [0.2, 0.25) is 0 Å². The molecule has 3 N–H and O–H groups in total. The molecule has 0 spiro atoms. The highest BCUT2D eigenvalue weighted by atomic mass is 32.2. The van der Waals surface area contributed by atoms with Gasteiger partial charge in [-0.1, -0.05) is 6.07 Å². The van der Waals surface area contributed by atoms with Crippen molar-refractivity contribution in [3.8, 4) is 0 Å². The van der Waals surface area contributed by atoms with Crippen LogP contribution in [0.5, 0.6) is 0 Å². The van der Waals surface area contributed by atoms with Crippen molar-refractivity contribution in [1.29, 1.82) is 0 Å². The summed E-state index contributed by atoms with van der Waals surface area (Å²) in [4.78, 5) is 17.1. The largest absolute Gasteiger partial charge is 0.383 e. The lowest BCUT2D eigenvalue weighted by atomic mass is 9.92. The summed E-state index contributed by atoms with van der Waals surface area (Å²) in [5, 5.41) is 16.6. The molecular formula is C21H27N3O3S2. The van der Waals surface area contributed by atoms with E-state index in [1.807, 2.05) is 0 Å². The highest BCUT2D eigenvalue weighted by Crippen LogP contribution is 2.36. The summed E-state index contributed by atoms with van der Waals surface area (Å²) in [5.74, 6) is -0.454. The normalized spacial score (nSPS) is 17.7. The SMILES string of the molecule is Cc1nc(C(C)(C)O)sc1S(N)(=O)=NC(=O)Cc1c2c(cc3c1CCC3)CCC2. The second-order valence-electron chi connectivity index (χ2n) is 8.52. The van der Waals surface area contributed by atoms with Crippen molar-refractivity contribution in [2.24, 2.45) is 9.50 Å². The Bertz CT molecular complexity index is 1090. The van der Waals surface area contributed by atoms with Crippen LogP contribution in [0, 0.1) is 6.92 Å². The van der Waals surface area contributed by atoms with Crippen LogP contribution in [0.4, 0.5) is 0 Å². The number of aryl methyl sites for hydroxylation is 3. The summed E-state index contributed by atoms with van der Waals surface area (Å²) >= 11 is 1.05. The molecule has 1 aromatic heterocycles. The molecule has 4 rings (SSSR count). The minimum atomic E-state index is -3.41. The first-order valence-electron chi connectivity index (χ1n) is 9.99. The zero-order valence-electron chi connectivity index (χ0n) is 17.1. The molecule has 2 aromatic rings. The van der Waals surface area contributed by atoms with Crippen LogP contribution >= 0.6 is 11.3 Å². The van der Waals surface area contributed by atoms with E-state index >= 15 is 0 Å². The first-order valence-corrected chi connectivity index (χ1v) is 12.4. The lowest BCUT2D eigenvalue weighted by molar-refractivity contribution is -0.117. The van der Waals surface area contributed by atoms with Crippen LogP contribution < -0.4 is 5.14 Å². The summed E-state index contributed by atoms with van der Waals surface area (Å²) in [6, 6.07) is 2.32. The predicted octanol–water partition coefficient (Wildman–Crippen LogP) is 3.13. The third-order valence-electron chi connectivity index (χ3n) is 5.71. The molecule has 0 fully saturated rings. The number of aliphatic hydroxyl groups is 1. The molecule has 0 radical (unpaired) electrons. The number of hydrogen-bond donors (Lipinski definition) is 2. The van der Waals surface area contributed by atoms with Gasteiger partial charge in [-0.3, -0.25) is 4.79 Å². The third-order valence-corrected chi connectivity index (χ3v) is 9.24. The molecule has 0 saturated carbocycles. The topological polar surface area (TPSA) is 106 Å². The number of thiazole rings is 1. The van der Waals surface area contributed by atoms with Gasteiger partial charge in [-0.15, -0.1) is 15.7 Å². The minimum absolute atomic E-state index is 0.149. The second-order valence-corrected chi connectivity index (χ2v) is 11.5. The number of hydrogen-bond acceptors (Lipinski definition) is 5. The number of nitrogens with zero attached hydrogens (tertiary/aromatic N) is 2. The van der Waals surface area contributed by atoms with Gasteiger partial charge in [-0.05, 0) is 87.1 Å². The zero-order valence-corrected chi connectivity index (χ0v) is 18.7. The second kappa shape index (κ2) is 7.27. The van der Waals surface area contributed by atoms with E-state index in [2.05, 4.69) is 15.4 Å². The van der Waals surface area contributed by atoms with E-state index in [0.717, 1.165) is 55.4 Å². The first-order chi connectivity index (χ1) is 13.6. The van der Waals surface area contributed by atoms with E-state index in [1.54, 1.807) is 20.8 Å². The van der Waals surface area contributed by atoms with Gasteiger partial charge in [0.25, 0.3) is 5.91 Å². The molecule has 0 aliphatic heterocycles. The van der Waals surface area contributed by atoms with Crippen LogP contribution in [-0.4, -0.2) is 20.2 Å². The number of carbonyl (C=O) groups excluding carboxylic acids is 1.